The van der Waals surface area contributed by atoms with E-state index in [9.17, 15) is 0 Å². The third-order valence-electron chi connectivity index (χ3n) is 3.72. The smallest absolute Gasteiger partial charge is 0.154 e. The summed E-state index contributed by atoms with van der Waals surface area (Å²) in [4.78, 5) is 7.04. The highest BCUT2D eigenvalue weighted by Gasteiger charge is 2.31. The Hall–Kier alpha value is -1.10. The molecule has 0 N–H and O–H groups in total. The molecule has 0 atom stereocenters. The number of anilines is 1. The predicted octanol–water partition coefficient (Wildman–Crippen LogP) is 3.39. The number of hydrogen-bond acceptors (Lipinski definition) is 3. The second-order valence-electron chi connectivity index (χ2n) is 6.47. The van der Waals surface area contributed by atoms with E-state index >= 15 is 0 Å². The lowest BCUT2D eigenvalue weighted by molar-refractivity contribution is 0.562. The topological polar surface area (TPSA) is 33.4 Å². The number of nitrogens with zero attached hydrogens (tertiary/aromatic N) is 4. The minimum Gasteiger partial charge on any atom is -0.351 e. The zero-order chi connectivity index (χ0) is 14.3. The van der Waals surface area contributed by atoms with Crippen molar-refractivity contribution in [2.75, 3.05) is 16.8 Å². The zero-order valence-electron chi connectivity index (χ0n) is 12.3. The van der Waals surface area contributed by atoms with Crippen LogP contribution in [0.2, 0.25) is 0 Å². The molecule has 0 bridgehead atoms. The van der Waals surface area contributed by atoms with E-state index in [0.29, 0.717) is 6.04 Å². The second-order valence-corrected chi connectivity index (χ2v) is 7.27. The van der Waals surface area contributed by atoms with E-state index < -0.39 is 0 Å². The third kappa shape index (κ3) is 2.55. The first-order valence-corrected chi connectivity index (χ1v) is 8.30. The van der Waals surface area contributed by atoms with Crippen LogP contribution in [-0.2, 0) is 5.41 Å². The van der Waals surface area contributed by atoms with Gasteiger partial charge >= 0.3 is 0 Å². The first-order valence-electron chi connectivity index (χ1n) is 7.18. The van der Waals surface area contributed by atoms with Crippen molar-refractivity contribution in [1.82, 2.24) is 14.6 Å². The SMILES string of the molecule is CC(C)(C)c1cc2c(N(CCBr)C3CC3)nccn2n1. The maximum atomic E-state index is 4.71. The van der Waals surface area contributed by atoms with Gasteiger partial charge in [-0.25, -0.2) is 9.50 Å². The maximum absolute atomic E-state index is 4.71. The Morgan fingerprint density at radius 3 is 2.75 bits per heavy atom. The van der Waals surface area contributed by atoms with E-state index in [2.05, 4.69) is 52.7 Å². The van der Waals surface area contributed by atoms with E-state index in [0.717, 1.165) is 28.9 Å². The highest BCUT2D eigenvalue weighted by atomic mass is 79.9. The summed E-state index contributed by atoms with van der Waals surface area (Å²) in [6.07, 6.45) is 6.34. The maximum Gasteiger partial charge on any atom is 0.154 e. The summed E-state index contributed by atoms with van der Waals surface area (Å²) in [6.45, 7) is 7.57. The van der Waals surface area contributed by atoms with Gasteiger partial charge in [0.15, 0.2) is 5.82 Å². The summed E-state index contributed by atoms with van der Waals surface area (Å²) in [7, 11) is 0. The predicted molar refractivity (Wildman–Crippen MR) is 85.8 cm³/mol. The first kappa shape index (κ1) is 13.9. The lowest BCUT2D eigenvalue weighted by atomic mass is 9.92. The molecule has 0 aliphatic heterocycles. The minimum absolute atomic E-state index is 0.0587. The van der Waals surface area contributed by atoms with E-state index in [1.165, 1.54) is 12.8 Å². The van der Waals surface area contributed by atoms with Crippen LogP contribution >= 0.6 is 15.9 Å². The molecule has 3 rings (SSSR count). The highest BCUT2D eigenvalue weighted by molar-refractivity contribution is 9.09. The van der Waals surface area contributed by atoms with Gasteiger partial charge in [0.05, 0.1) is 5.69 Å². The quantitative estimate of drug-likeness (QED) is 0.802. The molecule has 0 amide bonds. The van der Waals surface area contributed by atoms with Crippen LogP contribution in [0.5, 0.6) is 0 Å². The average Bonchev–Trinajstić information content (AvgIpc) is 3.11. The summed E-state index contributed by atoms with van der Waals surface area (Å²) in [5, 5.41) is 5.67. The van der Waals surface area contributed by atoms with Crippen LogP contribution in [0, 0.1) is 0 Å². The standard InChI is InChI=1S/C15H21BrN4/c1-15(2,3)13-10-12-14(17-7-9-20(12)18-13)19(8-6-16)11-4-5-11/h7,9-11H,4-6,8H2,1-3H3. The van der Waals surface area contributed by atoms with Gasteiger partial charge in [0, 0.05) is 35.7 Å². The fourth-order valence-electron chi connectivity index (χ4n) is 2.43. The Kier molecular flexibility index (Phi) is 3.48. The van der Waals surface area contributed by atoms with Crippen LogP contribution in [0.3, 0.4) is 0 Å². The lowest BCUT2D eigenvalue weighted by Gasteiger charge is -2.22. The Balaban J connectivity index is 2.08. The third-order valence-corrected chi connectivity index (χ3v) is 4.08. The van der Waals surface area contributed by atoms with Gasteiger partial charge in [0.1, 0.15) is 5.52 Å². The molecule has 1 aliphatic carbocycles. The molecule has 0 radical (unpaired) electrons. The van der Waals surface area contributed by atoms with Crippen molar-refractivity contribution in [2.24, 2.45) is 0 Å². The van der Waals surface area contributed by atoms with Crippen molar-refractivity contribution in [3.05, 3.63) is 24.2 Å². The van der Waals surface area contributed by atoms with Crippen LogP contribution < -0.4 is 4.90 Å². The van der Waals surface area contributed by atoms with Crippen LogP contribution in [0.4, 0.5) is 5.82 Å². The number of hydrogen-bond donors (Lipinski definition) is 0. The fraction of sp³-hybridized carbons (Fsp3) is 0.600. The van der Waals surface area contributed by atoms with Gasteiger partial charge in [-0.15, -0.1) is 0 Å². The molecular formula is C15H21BrN4. The van der Waals surface area contributed by atoms with Crippen molar-refractivity contribution in [2.45, 2.75) is 45.1 Å². The summed E-state index contributed by atoms with van der Waals surface area (Å²) in [6, 6.07) is 2.84. The summed E-state index contributed by atoms with van der Waals surface area (Å²) in [5.74, 6) is 1.07. The molecule has 1 fully saturated rings. The van der Waals surface area contributed by atoms with Gasteiger partial charge in [0.25, 0.3) is 0 Å². The second kappa shape index (κ2) is 5.02. The van der Waals surface area contributed by atoms with E-state index in [-0.39, 0.29) is 5.41 Å². The first-order chi connectivity index (χ1) is 9.50. The normalized spacial score (nSPS) is 15.8. The number of fused-ring (bicyclic) bond motifs is 1. The summed E-state index contributed by atoms with van der Waals surface area (Å²) in [5.41, 5.74) is 2.29. The van der Waals surface area contributed by atoms with Crippen molar-refractivity contribution in [1.29, 1.82) is 0 Å². The zero-order valence-corrected chi connectivity index (χ0v) is 13.9. The van der Waals surface area contributed by atoms with Crippen molar-refractivity contribution in [3.63, 3.8) is 0 Å². The number of alkyl halides is 1. The average molecular weight is 337 g/mol. The largest absolute Gasteiger partial charge is 0.351 e. The number of aromatic nitrogens is 3. The molecule has 5 heteroatoms. The number of halogens is 1. The van der Waals surface area contributed by atoms with Crippen molar-refractivity contribution < 1.29 is 0 Å². The molecule has 0 unspecified atom stereocenters. The van der Waals surface area contributed by atoms with Crippen LogP contribution in [0.1, 0.15) is 39.3 Å². The Labute approximate surface area is 128 Å². The van der Waals surface area contributed by atoms with Gasteiger partial charge in [-0.3, -0.25) is 0 Å². The monoisotopic (exact) mass is 336 g/mol. The molecule has 108 valence electrons. The number of rotatable bonds is 4. The minimum atomic E-state index is 0.0587. The van der Waals surface area contributed by atoms with Gasteiger partial charge < -0.3 is 4.90 Å². The Bertz CT molecular complexity index is 610. The van der Waals surface area contributed by atoms with Crippen LogP contribution in [0.15, 0.2) is 18.5 Å². The molecule has 2 aromatic rings. The summed E-state index contributed by atoms with van der Waals surface area (Å²) >= 11 is 3.55. The van der Waals surface area contributed by atoms with Crippen LogP contribution in [0.25, 0.3) is 5.52 Å². The van der Waals surface area contributed by atoms with Gasteiger partial charge in [-0.05, 0) is 18.9 Å². The molecule has 0 spiro atoms. The van der Waals surface area contributed by atoms with Crippen LogP contribution in [-0.4, -0.2) is 32.5 Å². The highest BCUT2D eigenvalue weighted by Crippen LogP contribution is 2.33. The molecule has 2 aromatic heterocycles. The molecule has 20 heavy (non-hydrogen) atoms. The molecule has 1 aliphatic rings. The molecule has 0 saturated heterocycles. The van der Waals surface area contributed by atoms with Gasteiger partial charge in [-0.1, -0.05) is 36.7 Å². The molecule has 0 aromatic carbocycles. The van der Waals surface area contributed by atoms with Gasteiger partial charge in [0.2, 0.25) is 0 Å². The van der Waals surface area contributed by atoms with Crippen molar-refractivity contribution in [3.8, 4) is 0 Å². The molecule has 1 saturated carbocycles. The lowest BCUT2D eigenvalue weighted by Crippen LogP contribution is -2.29. The Morgan fingerprint density at radius 2 is 2.15 bits per heavy atom. The summed E-state index contributed by atoms with van der Waals surface area (Å²) < 4.78 is 1.96. The van der Waals surface area contributed by atoms with E-state index in [1.54, 1.807) is 0 Å². The molecule has 2 heterocycles. The Morgan fingerprint density at radius 1 is 1.40 bits per heavy atom. The van der Waals surface area contributed by atoms with Gasteiger partial charge in [-0.2, -0.15) is 5.10 Å². The van der Waals surface area contributed by atoms with E-state index in [4.69, 9.17) is 5.10 Å². The van der Waals surface area contributed by atoms with Crippen molar-refractivity contribution >= 4 is 27.3 Å². The fourth-order valence-corrected chi connectivity index (χ4v) is 2.82. The van der Waals surface area contributed by atoms with E-state index in [1.807, 2.05) is 16.9 Å². The molecular weight excluding hydrogens is 316 g/mol. The molecule has 4 nitrogen and oxygen atoms in total.